The summed E-state index contributed by atoms with van der Waals surface area (Å²) in [4.78, 5) is 11.8. The molecular weight excluding hydrogens is 274 g/mol. The average Bonchev–Trinajstić information content (AvgIpc) is 2.84. The Bertz CT molecular complexity index is 533. The Hall–Kier alpha value is -1.66. The van der Waals surface area contributed by atoms with Crippen LogP contribution in [0.3, 0.4) is 0 Å². The maximum Gasteiger partial charge on any atom is 0.266 e. The molecule has 0 aliphatic carbocycles. The third kappa shape index (κ3) is 3.18. The number of para-hydroxylation sites is 1. The third-order valence-electron chi connectivity index (χ3n) is 2.10. The van der Waals surface area contributed by atoms with E-state index in [0.717, 1.165) is 0 Å². The Kier molecular flexibility index (Phi) is 4.11. The third-order valence-corrected chi connectivity index (χ3v) is 3.02. The average molecular weight is 284 g/mol. The van der Waals surface area contributed by atoms with E-state index in [1.807, 2.05) is 0 Å². The van der Waals surface area contributed by atoms with Crippen LogP contribution < -0.4 is 10.1 Å². The van der Waals surface area contributed by atoms with Crippen LogP contribution in [-0.2, 0) is 4.79 Å². The van der Waals surface area contributed by atoms with Crippen LogP contribution in [0.1, 0.15) is 6.92 Å². The summed E-state index contributed by atoms with van der Waals surface area (Å²) in [5.74, 6) is 0.172. The number of amides is 1. The number of halogens is 1. The van der Waals surface area contributed by atoms with Crippen molar-refractivity contribution in [2.24, 2.45) is 0 Å². The van der Waals surface area contributed by atoms with E-state index in [1.165, 1.54) is 16.8 Å². The fourth-order valence-electron chi connectivity index (χ4n) is 1.22. The predicted molar refractivity (Wildman–Crippen MR) is 70.1 cm³/mol. The molecule has 2 aromatic rings. The molecule has 0 saturated heterocycles. The first kappa shape index (κ1) is 12.8. The van der Waals surface area contributed by atoms with Crippen LogP contribution in [0.25, 0.3) is 0 Å². The molecule has 18 heavy (non-hydrogen) atoms. The van der Waals surface area contributed by atoms with Gasteiger partial charge in [0.1, 0.15) is 11.3 Å². The second-order valence-corrected chi connectivity index (χ2v) is 4.66. The lowest BCUT2D eigenvalue weighted by Gasteiger charge is -2.14. The molecule has 1 amide bonds. The summed E-state index contributed by atoms with van der Waals surface area (Å²) >= 11 is 7.18. The highest BCUT2D eigenvalue weighted by Crippen LogP contribution is 2.24. The van der Waals surface area contributed by atoms with Crippen molar-refractivity contribution in [3.8, 4) is 5.75 Å². The highest BCUT2D eigenvalue weighted by atomic mass is 35.5. The van der Waals surface area contributed by atoms with E-state index in [-0.39, 0.29) is 5.91 Å². The molecule has 0 bridgehead atoms. The van der Waals surface area contributed by atoms with Crippen molar-refractivity contribution < 1.29 is 9.53 Å². The minimum Gasteiger partial charge on any atom is -0.479 e. The molecule has 94 valence electrons. The van der Waals surface area contributed by atoms with Gasteiger partial charge in [0.2, 0.25) is 5.13 Å². The van der Waals surface area contributed by atoms with Gasteiger partial charge < -0.3 is 4.74 Å². The Balaban J connectivity index is 1.97. The smallest absolute Gasteiger partial charge is 0.266 e. The number of rotatable bonds is 4. The van der Waals surface area contributed by atoms with Crippen molar-refractivity contribution in [2.75, 3.05) is 5.32 Å². The monoisotopic (exact) mass is 283 g/mol. The van der Waals surface area contributed by atoms with E-state index >= 15 is 0 Å². The number of hydrogen-bond donors (Lipinski definition) is 1. The van der Waals surface area contributed by atoms with Crippen molar-refractivity contribution in [1.82, 2.24) is 10.2 Å². The largest absolute Gasteiger partial charge is 0.479 e. The number of hydrogen-bond acceptors (Lipinski definition) is 5. The fourth-order valence-corrected chi connectivity index (χ4v) is 1.85. The molecule has 0 unspecified atom stereocenters. The van der Waals surface area contributed by atoms with Gasteiger partial charge in [0, 0.05) is 0 Å². The van der Waals surface area contributed by atoms with Gasteiger partial charge in [0.15, 0.2) is 6.10 Å². The van der Waals surface area contributed by atoms with Crippen LogP contribution >= 0.6 is 22.9 Å². The summed E-state index contributed by atoms with van der Waals surface area (Å²) < 4.78 is 5.47. The SMILES string of the molecule is C[C@@H](Oc1ccccc1Cl)C(=O)Nc1nncs1. The highest BCUT2D eigenvalue weighted by molar-refractivity contribution is 7.13. The molecule has 2 rings (SSSR count). The van der Waals surface area contributed by atoms with Gasteiger partial charge >= 0.3 is 0 Å². The molecule has 5 nitrogen and oxygen atoms in total. The number of carbonyl (C=O) groups is 1. The Labute approximate surface area is 113 Å². The van der Waals surface area contributed by atoms with Gasteiger partial charge in [0.25, 0.3) is 5.91 Å². The summed E-state index contributed by atoms with van der Waals surface area (Å²) in [5.41, 5.74) is 1.54. The van der Waals surface area contributed by atoms with Gasteiger partial charge in [-0.1, -0.05) is 35.1 Å². The molecule has 0 aliphatic heterocycles. The molecule has 1 N–H and O–H groups in total. The second-order valence-electron chi connectivity index (χ2n) is 3.42. The first-order chi connectivity index (χ1) is 8.66. The number of carbonyl (C=O) groups excluding carboxylic acids is 1. The maximum absolute atomic E-state index is 11.8. The molecule has 0 spiro atoms. The zero-order valence-electron chi connectivity index (χ0n) is 9.46. The maximum atomic E-state index is 11.8. The van der Waals surface area contributed by atoms with Crippen LogP contribution in [-0.4, -0.2) is 22.2 Å². The highest BCUT2D eigenvalue weighted by Gasteiger charge is 2.17. The first-order valence-electron chi connectivity index (χ1n) is 5.15. The van der Waals surface area contributed by atoms with E-state index in [2.05, 4.69) is 15.5 Å². The number of benzene rings is 1. The summed E-state index contributed by atoms with van der Waals surface area (Å²) in [7, 11) is 0. The molecule has 1 atom stereocenters. The van der Waals surface area contributed by atoms with Gasteiger partial charge in [-0.25, -0.2) is 0 Å². The molecule has 0 fully saturated rings. The molecule has 0 saturated carbocycles. The van der Waals surface area contributed by atoms with Gasteiger partial charge in [-0.15, -0.1) is 10.2 Å². The van der Waals surface area contributed by atoms with Gasteiger partial charge in [-0.3, -0.25) is 10.1 Å². The van der Waals surface area contributed by atoms with Crippen LogP contribution in [0.5, 0.6) is 5.75 Å². The standard InChI is InChI=1S/C11H10ClN3O2S/c1-7(10(16)14-11-15-13-6-18-11)17-9-5-3-2-4-8(9)12/h2-7H,1H3,(H,14,15,16)/t7-/m1/s1. The van der Waals surface area contributed by atoms with Crippen molar-refractivity contribution in [2.45, 2.75) is 13.0 Å². The zero-order chi connectivity index (χ0) is 13.0. The quantitative estimate of drug-likeness (QED) is 0.937. The number of aromatic nitrogens is 2. The lowest BCUT2D eigenvalue weighted by Crippen LogP contribution is -2.30. The van der Waals surface area contributed by atoms with Crippen LogP contribution in [0, 0.1) is 0 Å². The van der Waals surface area contributed by atoms with Crippen molar-refractivity contribution in [1.29, 1.82) is 0 Å². The molecule has 7 heteroatoms. The lowest BCUT2D eigenvalue weighted by molar-refractivity contribution is -0.122. The topological polar surface area (TPSA) is 64.1 Å². The van der Waals surface area contributed by atoms with Crippen molar-refractivity contribution in [3.63, 3.8) is 0 Å². The summed E-state index contributed by atoms with van der Waals surface area (Å²) in [6.07, 6.45) is -0.672. The molecular formula is C11H10ClN3O2S. The summed E-state index contributed by atoms with van der Waals surface area (Å²) in [5, 5.41) is 10.8. The Morgan fingerprint density at radius 2 is 2.28 bits per heavy atom. The minimum atomic E-state index is -0.672. The zero-order valence-corrected chi connectivity index (χ0v) is 11.0. The molecule has 0 aliphatic rings. The van der Waals surface area contributed by atoms with Gasteiger partial charge in [-0.05, 0) is 19.1 Å². The van der Waals surface area contributed by atoms with E-state index in [9.17, 15) is 4.79 Å². The minimum absolute atomic E-state index is 0.299. The Morgan fingerprint density at radius 1 is 1.50 bits per heavy atom. The van der Waals surface area contributed by atoms with E-state index in [0.29, 0.717) is 15.9 Å². The van der Waals surface area contributed by atoms with Crippen LogP contribution in [0.4, 0.5) is 5.13 Å². The number of anilines is 1. The summed E-state index contributed by atoms with van der Waals surface area (Å²) in [6.45, 7) is 1.64. The van der Waals surface area contributed by atoms with Crippen LogP contribution in [0.2, 0.25) is 5.02 Å². The predicted octanol–water partition coefficient (Wildman–Crippen LogP) is 2.60. The Morgan fingerprint density at radius 3 is 2.94 bits per heavy atom. The van der Waals surface area contributed by atoms with E-state index in [1.54, 1.807) is 31.2 Å². The van der Waals surface area contributed by atoms with Crippen molar-refractivity contribution in [3.05, 3.63) is 34.8 Å². The van der Waals surface area contributed by atoms with Crippen molar-refractivity contribution >= 4 is 34.0 Å². The number of nitrogens with one attached hydrogen (secondary N) is 1. The number of ether oxygens (including phenoxy) is 1. The molecule has 1 aromatic heterocycles. The lowest BCUT2D eigenvalue weighted by atomic mass is 10.3. The van der Waals surface area contributed by atoms with E-state index < -0.39 is 6.10 Å². The normalized spacial score (nSPS) is 11.9. The van der Waals surface area contributed by atoms with Gasteiger partial charge in [0.05, 0.1) is 5.02 Å². The molecule has 1 heterocycles. The van der Waals surface area contributed by atoms with Crippen LogP contribution in [0.15, 0.2) is 29.8 Å². The van der Waals surface area contributed by atoms with E-state index in [4.69, 9.17) is 16.3 Å². The second kappa shape index (κ2) is 5.79. The molecule has 0 radical (unpaired) electrons. The van der Waals surface area contributed by atoms with Gasteiger partial charge in [-0.2, -0.15) is 0 Å². The summed E-state index contributed by atoms with van der Waals surface area (Å²) in [6, 6.07) is 6.99. The molecule has 1 aromatic carbocycles. The fraction of sp³-hybridized carbons (Fsp3) is 0.182. The first-order valence-corrected chi connectivity index (χ1v) is 6.41. The number of nitrogens with zero attached hydrogens (tertiary/aromatic N) is 2.